The maximum atomic E-state index is 13.1. The van der Waals surface area contributed by atoms with Crippen molar-refractivity contribution in [1.82, 2.24) is 19.7 Å². The van der Waals surface area contributed by atoms with Gasteiger partial charge in [-0.1, -0.05) is 61.4 Å². The molecule has 1 aromatic heterocycles. The molecule has 2 aromatic rings. The standard InChI is InChI=1S/C21H27N5OS/c1-4-26-18(17-11-7-5-8-12-17)23-24-20(26)28-16(2)19(27)25(3)21(15-22)13-9-6-10-14-21/h5,7-8,11-12,16H,4,6,9-10,13-14H2,1-3H3/t16-/m1/s1. The summed E-state index contributed by atoms with van der Waals surface area (Å²) < 4.78 is 2.03. The molecule has 1 aliphatic carbocycles. The summed E-state index contributed by atoms with van der Waals surface area (Å²) in [4.78, 5) is 14.8. The lowest BCUT2D eigenvalue weighted by molar-refractivity contribution is -0.133. The van der Waals surface area contributed by atoms with Gasteiger partial charge in [-0.2, -0.15) is 5.26 Å². The summed E-state index contributed by atoms with van der Waals surface area (Å²) in [5, 5.41) is 18.8. The van der Waals surface area contributed by atoms with Crippen LogP contribution in [0.1, 0.15) is 46.0 Å². The lowest BCUT2D eigenvalue weighted by Crippen LogP contribution is -2.52. The fourth-order valence-corrected chi connectivity index (χ4v) is 4.82. The second kappa shape index (κ2) is 8.78. The molecule has 0 radical (unpaired) electrons. The Labute approximate surface area is 170 Å². The summed E-state index contributed by atoms with van der Waals surface area (Å²) >= 11 is 1.41. The summed E-state index contributed by atoms with van der Waals surface area (Å²) in [6.45, 7) is 4.65. The summed E-state index contributed by atoms with van der Waals surface area (Å²) in [7, 11) is 1.77. The van der Waals surface area contributed by atoms with Crippen molar-refractivity contribution in [2.75, 3.05) is 7.05 Å². The Morgan fingerprint density at radius 2 is 1.96 bits per heavy atom. The van der Waals surface area contributed by atoms with Crippen molar-refractivity contribution in [3.8, 4) is 17.5 Å². The van der Waals surface area contributed by atoms with E-state index in [0.717, 1.165) is 55.2 Å². The van der Waals surface area contributed by atoms with Crippen LogP contribution >= 0.6 is 11.8 Å². The van der Waals surface area contributed by atoms with Crippen LogP contribution in [0.5, 0.6) is 0 Å². The monoisotopic (exact) mass is 397 g/mol. The third-order valence-electron chi connectivity index (χ3n) is 5.56. The van der Waals surface area contributed by atoms with Crippen molar-refractivity contribution in [2.45, 2.75) is 68.4 Å². The minimum atomic E-state index is -0.669. The topological polar surface area (TPSA) is 74.8 Å². The molecule has 1 heterocycles. The van der Waals surface area contributed by atoms with Crippen molar-refractivity contribution >= 4 is 17.7 Å². The number of nitriles is 1. The minimum absolute atomic E-state index is 0.0274. The van der Waals surface area contributed by atoms with Crippen molar-refractivity contribution in [3.63, 3.8) is 0 Å². The second-order valence-electron chi connectivity index (χ2n) is 7.28. The number of thioether (sulfide) groups is 1. The van der Waals surface area contributed by atoms with E-state index >= 15 is 0 Å². The Balaban J connectivity index is 1.77. The van der Waals surface area contributed by atoms with Crippen molar-refractivity contribution in [3.05, 3.63) is 30.3 Å². The molecule has 1 aromatic carbocycles. The van der Waals surface area contributed by atoms with Gasteiger partial charge in [-0.15, -0.1) is 10.2 Å². The third kappa shape index (κ3) is 3.93. The average molecular weight is 398 g/mol. The first-order chi connectivity index (χ1) is 13.5. The molecule has 3 rings (SSSR count). The number of carbonyl (C=O) groups is 1. The van der Waals surface area contributed by atoms with Crippen LogP contribution in [-0.2, 0) is 11.3 Å². The van der Waals surface area contributed by atoms with Gasteiger partial charge in [0.05, 0.1) is 11.3 Å². The van der Waals surface area contributed by atoms with E-state index in [1.807, 2.05) is 48.7 Å². The molecule has 1 aliphatic rings. The highest BCUT2D eigenvalue weighted by atomic mass is 32.2. The van der Waals surface area contributed by atoms with Gasteiger partial charge in [0.2, 0.25) is 5.91 Å². The van der Waals surface area contributed by atoms with Crippen LogP contribution in [0.25, 0.3) is 11.4 Å². The fraction of sp³-hybridized carbons (Fsp3) is 0.524. The number of carbonyl (C=O) groups excluding carboxylic acids is 1. The van der Waals surface area contributed by atoms with Crippen molar-refractivity contribution < 1.29 is 4.79 Å². The number of nitrogens with zero attached hydrogens (tertiary/aromatic N) is 5. The Morgan fingerprint density at radius 1 is 1.29 bits per heavy atom. The number of hydrogen-bond donors (Lipinski definition) is 0. The highest BCUT2D eigenvalue weighted by molar-refractivity contribution is 8.00. The van der Waals surface area contributed by atoms with Gasteiger partial charge in [0.1, 0.15) is 5.54 Å². The molecule has 0 aliphatic heterocycles. The van der Waals surface area contributed by atoms with E-state index in [0.29, 0.717) is 0 Å². The summed E-state index contributed by atoms with van der Waals surface area (Å²) in [6, 6.07) is 12.4. The first-order valence-electron chi connectivity index (χ1n) is 9.86. The molecule has 0 unspecified atom stereocenters. The lowest BCUT2D eigenvalue weighted by Gasteiger charge is -2.40. The summed E-state index contributed by atoms with van der Waals surface area (Å²) in [6.07, 6.45) is 4.64. The number of hydrogen-bond acceptors (Lipinski definition) is 5. The maximum Gasteiger partial charge on any atom is 0.236 e. The highest BCUT2D eigenvalue weighted by Crippen LogP contribution is 2.34. The lowest BCUT2D eigenvalue weighted by atomic mass is 9.81. The van der Waals surface area contributed by atoms with E-state index in [-0.39, 0.29) is 11.2 Å². The summed E-state index contributed by atoms with van der Waals surface area (Å²) in [5.41, 5.74) is 0.336. The molecule has 6 nitrogen and oxygen atoms in total. The van der Waals surface area contributed by atoms with Gasteiger partial charge in [-0.05, 0) is 26.7 Å². The Kier molecular flexibility index (Phi) is 6.40. The van der Waals surface area contributed by atoms with Crippen LogP contribution in [0, 0.1) is 11.3 Å². The molecule has 1 fully saturated rings. The van der Waals surface area contributed by atoms with Crippen LogP contribution in [0.2, 0.25) is 0 Å². The largest absolute Gasteiger partial charge is 0.326 e. The molecule has 148 valence electrons. The van der Waals surface area contributed by atoms with Gasteiger partial charge in [-0.25, -0.2) is 0 Å². The molecule has 7 heteroatoms. The van der Waals surface area contributed by atoms with E-state index in [1.54, 1.807) is 11.9 Å². The molecule has 1 amide bonds. The fourth-order valence-electron chi connectivity index (χ4n) is 3.81. The molecule has 28 heavy (non-hydrogen) atoms. The van der Waals surface area contributed by atoms with E-state index in [1.165, 1.54) is 11.8 Å². The predicted octanol–water partition coefficient (Wildman–Crippen LogP) is 4.13. The van der Waals surface area contributed by atoms with Gasteiger partial charge in [0, 0.05) is 19.2 Å². The molecule has 1 saturated carbocycles. The van der Waals surface area contributed by atoms with Crippen molar-refractivity contribution in [1.29, 1.82) is 5.26 Å². The zero-order chi connectivity index (χ0) is 20.1. The van der Waals surface area contributed by atoms with Crippen LogP contribution < -0.4 is 0 Å². The quantitative estimate of drug-likeness (QED) is 0.685. The molecule has 1 atom stereocenters. The second-order valence-corrected chi connectivity index (χ2v) is 8.59. The molecular formula is C21H27N5OS. The number of amides is 1. The van der Waals surface area contributed by atoms with Crippen LogP contribution in [-0.4, -0.2) is 43.4 Å². The van der Waals surface area contributed by atoms with Gasteiger partial charge in [0.25, 0.3) is 0 Å². The Hall–Kier alpha value is -2.33. The smallest absolute Gasteiger partial charge is 0.236 e. The minimum Gasteiger partial charge on any atom is -0.326 e. The predicted molar refractivity (Wildman–Crippen MR) is 111 cm³/mol. The third-order valence-corrected chi connectivity index (χ3v) is 6.62. The Morgan fingerprint density at radius 3 is 2.57 bits per heavy atom. The van der Waals surface area contributed by atoms with E-state index in [9.17, 15) is 10.1 Å². The van der Waals surface area contributed by atoms with E-state index < -0.39 is 5.54 Å². The van der Waals surface area contributed by atoms with Crippen LogP contribution in [0.15, 0.2) is 35.5 Å². The summed E-state index contributed by atoms with van der Waals surface area (Å²) in [5.74, 6) is 0.778. The molecule has 0 saturated heterocycles. The molecular weight excluding hydrogens is 370 g/mol. The zero-order valence-electron chi connectivity index (χ0n) is 16.8. The number of rotatable bonds is 6. The maximum absolute atomic E-state index is 13.1. The van der Waals surface area contributed by atoms with Crippen molar-refractivity contribution in [2.24, 2.45) is 0 Å². The van der Waals surface area contributed by atoms with Gasteiger partial charge < -0.3 is 9.47 Å². The molecule has 0 bridgehead atoms. The first-order valence-corrected chi connectivity index (χ1v) is 10.7. The normalized spacial score (nSPS) is 16.9. The highest BCUT2D eigenvalue weighted by Gasteiger charge is 2.40. The van der Waals surface area contributed by atoms with E-state index in [4.69, 9.17) is 0 Å². The zero-order valence-corrected chi connectivity index (χ0v) is 17.6. The van der Waals surface area contributed by atoms with E-state index in [2.05, 4.69) is 16.3 Å². The van der Waals surface area contributed by atoms with Gasteiger partial charge in [0.15, 0.2) is 11.0 Å². The molecule has 0 N–H and O–H groups in total. The van der Waals surface area contributed by atoms with Gasteiger partial charge >= 0.3 is 0 Å². The SMILES string of the molecule is CCn1c(S[C@H](C)C(=O)N(C)C2(C#N)CCCCC2)nnc1-c1ccccc1. The average Bonchev–Trinajstić information content (AvgIpc) is 3.16. The molecule has 0 spiro atoms. The van der Waals surface area contributed by atoms with Crippen LogP contribution in [0.4, 0.5) is 0 Å². The Bertz CT molecular complexity index is 851. The van der Waals surface area contributed by atoms with Crippen LogP contribution in [0.3, 0.4) is 0 Å². The van der Waals surface area contributed by atoms with Gasteiger partial charge in [-0.3, -0.25) is 4.79 Å². The first kappa shape index (κ1) is 20.4. The number of aromatic nitrogens is 3. The number of benzene rings is 1.